The van der Waals surface area contributed by atoms with E-state index in [1.54, 1.807) is 24.3 Å². The van der Waals surface area contributed by atoms with Gasteiger partial charge in [-0.25, -0.2) is 0 Å². The molecule has 0 saturated heterocycles. The quantitative estimate of drug-likeness (QED) is 0.929. The highest BCUT2D eigenvalue weighted by atomic mass is 19.4. The Hall–Kier alpha value is -1.56. The van der Waals surface area contributed by atoms with Crippen molar-refractivity contribution in [1.29, 1.82) is 0 Å². The molecule has 0 saturated carbocycles. The predicted octanol–water partition coefficient (Wildman–Crippen LogP) is 2.95. The number of nitrogens with zero attached hydrogens (tertiary/aromatic N) is 1. The van der Waals surface area contributed by atoms with Crippen LogP contribution < -0.4 is 5.73 Å². The van der Waals surface area contributed by atoms with Crippen LogP contribution in [0.3, 0.4) is 0 Å². The summed E-state index contributed by atoms with van der Waals surface area (Å²) in [6.45, 7) is 4.31. The van der Waals surface area contributed by atoms with Crippen molar-refractivity contribution in [2.24, 2.45) is 5.73 Å². The van der Waals surface area contributed by atoms with E-state index in [1.807, 2.05) is 20.8 Å². The zero-order chi connectivity index (χ0) is 16.3. The second kappa shape index (κ2) is 6.47. The van der Waals surface area contributed by atoms with Crippen LogP contribution in [-0.2, 0) is 5.41 Å². The van der Waals surface area contributed by atoms with Gasteiger partial charge in [0.05, 0.1) is 0 Å². The number of carbonyl (C=O) groups excluding carboxylic acids is 1. The lowest BCUT2D eigenvalue weighted by molar-refractivity contribution is -0.140. The van der Waals surface area contributed by atoms with Gasteiger partial charge in [-0.15, -0.1) is 0 Å². The lowest BCUT2D eigenvalue weighted by Gasteiger charge is -2.27. The number of hydrogen-bond acceptors (Lipinski definition) is 2. The molecule has 118 valence electrons. The van der Waals surface area contributed by atoms with E-state index >= 15 is 0 Å². The van der Waals surface area contributed by atoms with Crippen molar-refractivity contribution in [3.8, 4) is 0 Å². The average molecular weight is 302 g/mol. The molecule has 1 aromatic rings. The summed E-state index contributed by atoms with van der Waals surface area (Å²) in [5.74, 6) is -0.636. The summed E-state index contributed by atoms with van der Waals surface area (Å²) >= 11 is 0. The maximum atomic E-state index is 12.6. The van der Waals surface area contributed by atoms with Crippen LogP contribution in [0.25, 0.3) is 0 Å². The van der Waals surface area contributed by atoms with Gasteiger partial charge < -0.3 is 10.6 Å². The molecule has 2 N–H and O–H groups in total. The van der Waals surface area contributed by atoms with Gasteiger partial charge in [0.25, 0.3) is 5.91 Å². The summed E-state index contributed by atoms with van der Waals surface area (Å²) < 4.78 is 37.8. The van der Waals surface area contributed by atoms with Gasteiger partial charge in [-0.1, -0.05) is 39.0 Å². The van der Waals surface area contributed by atoms with E-state index < -0.39 is 18.6 Å². The number of alkyl halides is 3. The van der Waals surface area contributed by atoms with Gasteiger partial charge in [0.2, 0.25) is 0 Å². The van der Waals surface area contributed by atoms with Crippen molar-refractivity contribution in [3.05, 3.63) is 35.4 Å². The van der Waals surface area contributed by atoms with Crippen LogP contribution in [0.1, 0.15) is 36.7 Å². The van der Waals surface area contributed by atoms with Crippen molar-refractivity contribution in [2.75, 3.05) is 19.6 Å². The van der Waals surface area contributed by atoms with Crippen molar-refractivity contribution in [3.63, 3.8) is 0 Å². The maximum Gasteiger partial charge on any atom is 0.406 e. The van der Waals surface area contributed by atoms with E-state index in [0.717, 1.165) is 10.5 Å². The van der Waals surface area contributed by atoms with Crippen LogP contribution in [0.5, 0.6) is 0 Å². The fourth-order valence-corrected chi connectivity index (χ4v) is 2.12. The van der Waals surface area contributed by atoms with Crippen molar-refractivity contribution >= 4 is 5.91 Å². The van der Waals surface area contributed by atoms with E-state index in [2.05, 4.69) is 0 Å². The molecule has 0 unspecified atom stereocenters. The van der Waals surface area contributed by atoms with Crippen LogP contribution in [0.2, 0.25) is 0 Å². The third kappa shape index (κ3) is 5.04. The van der Waals surface area contributed by atoms with Gasteiger partial charge in [-0.05, 0) is 17.0 Å². The standard InChI is InChI=1S/C15H21F3N2O/c1-14(2,3)12-7-5-4-6-11(12)13(21)20(9-8-19)10-15(16,17)18/h4-7H,8-10,19H2,1-3H3. The van der Waals surface area contributed by atoms with Crippen molar-refractivity contribution < 1.29 is 18.0 Å². The third-order valence-corrected chi connectivity index (χ3v) is 3.02. The van der Waals surface area contributed by atoms with Crippen LogP contribution in [0.4, 0.5) is 13.2 Å². The second-order valence-electron chi connectivity index (χ2n) is 5.93. The SMILES string of the molecule is CC(C)(C)c1ccccc1C(=O)N(CCN)CC(F)(F)F. The molecule has 1 aromatic carbocycles. The minimum atomic E-state index is -4.44. The number of hydrogen-bond donors (Lipinski definition) is 1. The highest BCUT2D eigenvalue weighted by molar-refractivity contribution is 5.96. The Morgan fingerprint density at radius 3 is 2.24 bits per heavy atom. The van der Waals surface area contributed by atoms with E-state index in [1.165, 1.54) is 0 Å². The van der Waals surface area contributed by atoms with Gasteiger partial charge in [-0.2, -0.15) is 13.2 Å². The largest absolute Gasteiger partial charge is 0.406 e. The molecule has 0 bridgehead atoms. The number of rotatable bonds is 4. The zero-order valence-electron chi connectivity index (χ0n) is 12.5. The minimum absolute atomic E-state index is 0.0144. The Balaban J connectivity index is 3.16. The van der Waals surface area contributed by atoms with Crippen molar-refractivity contribution in [1.82, 2.24) is 4.90 Å². The molecular formula is C15H21F3N2O. The molecule has 0 aromatic heterocycles. The number of amides is 1. The number of nitrogens with two attached hydrogens (primary N) is 1. The molecular weight excluding hydrogens is 281 g/mol. The Bertz CT molecular complexity index is 492. The summed E-state index contributed by atoms with van der Waals surface area (Å²) in [5, 5.41) is 0. The van der Waals surface area contributed by atoms with E-state index in [9.17, 15) is 18.0 Å². The van der Waals surface area contributed by atoms with Crippen LogP contribution in [0.15, 0.2) is 24.3 Å². The molecule has 1 rings (SSSR count). The first-order chi connectivity index (χ1) is 9.56. The molecule has 0 radical (unpaired) electrons. The van der Waals surface area contributed by atoms with Gasteiger partial charge in [0, 0.05) is 18.7 Å². The number of halogens is 3. The summed E-state index contributed by atoms with van der Waals surface area (Å²) in [6.07, 6.45) is -4.44. The Labute approximate surface area is 122 Å². The van der Waals surface area contributed by atoms with Gasteiger partial charge in [-0.3, -0.25) is 4.79 Å². The van der Waals surface area contributed by atoms with Crippen molar-refractivity contribution in [2.45, 2.75) is 32.4 Å². The fraction of sp³-hybridized carbons (Fsp3) is 0.533. The second-order valence-corrected chi connectivity index (χ2v) is 5.93. The molecule has 0 aliphatic carbocycles. The van der Waals surface area contributed by atoms with E-state index in [0.29, 0.717) is 5.56 Å². The zero-order valence-corrected chi connectivity index (χ0v) is 12.5. The minimum Gasteiger partial charge on any atom is -0.329 e. The molecule has 1 amide bonds. The van der Waals surface area contributed by atoms with Gasteiger partial charge in [0.1, 0.15) is 6.54 Å². The topological polar surface area (TPSA) is 46.3 Å². The first kappa shape index (κ1) is 17.5. The highest BCUT2D eigenvalue weighted by Crippen LogP contribution is 2.27. The smallest absolute Gasteiger partial charge is 0.329 e. The number of carbonyl (C=O) groups is 1. The summed E-state index contributed by atoms with van der Waals surface area (Å²) in [4.78, 5) is 13.2. The Morgan fingerprint density at radius 1 is 1.19 bits per heavy atom. The maximum absolute atomic E-state index is 12.6. The molecule has 0 aliphatic heterocycles. The molecule has 0 aliphatic rings. The first-order valence-electron chi connectivity index (χ1n) is 6.72. The Kier molecular flexibility index (Phi) is 5.39. The molecule has 0 fully saturated rings. The Morgan fingerprint density at radius 2 is 1.76 bits per heavy atom. The molecule has 0 atom stereocenters. The average Bonchev–Trinajstić information content (AvgIpc) is 2.35. The monoisotopic (exact) mass is 302 g/mol. The number of benzene rings is 1. The highest BCUT2D eigenvalue weighted by Gasteiger charge is 2.34. The first-order valence-corrected chi connectivity index (χ1v) is 6.72. The molecule has 0 heterocycles. The third-order valence-electron chi connectivity index (χ3n) is 3.02. The fourth-order valence-electron chi connectivity index (χ4n) is 2.12. The molecule has 0 spiro atoms. The lowest BCUT2D eigenvalue weighted by atomic mass is 9.83. The van der Waals surface area contributed by atoms with Crippen LogP contribution >= 0.6 is 0 Å². The molecule has 3 nitrogen and oxygen atoms in total. The van der Waals surface area contributed by atoms with Crippen LogP contribution in [-0.4, -0.2) is 36.6 Å². The lowest BCUT2D eigenvalue weighted by Crippen LogP contribution is -2.42. The summed E-state index contributed by atoms with van der Waals surface area (Å²) in [5.41, 5.74) is 6.01. The normalized spacial score (nSPS) is 12.3. The van der Waals surface area contributed by atoms with Gasteiger partial charge in [0.15, 0.2) is 0 Å². The molecule has 21 heavy (non-hydrogen) atoms. The van der Waals surface area contributed by atoms with E-state index in [4.69, 9.17) is 5.73 Å². The van der Waals surface area contributed by atoms with Gasteiger partial charge >= 0.3 is 6.18 Å². The van der Waals surface area contributed by atoms with Crippen LogP contribution in [0, 0.1) is 0 Å². The summed E-state index contributed by atoms with van der Waals surface area (Å²) in [6, 6.07) is 6.75. The molecule has 6 heteroatoms. The van der Waals surface area contributed by atoms with E-state index in [-0.39, 0.29) is 18.5 Å². The summed E-state index contributed by atoms with van der Waals surface area (Å²) in [7, 11) is 0. The predicted molar refractivity (Wildman–Crippen MR) is 76.2 cm³/mol.